The zero-order chi connectivity index (χ0) is 13.9. The normalized spacial score (nSPS) is 20.2. The minimum atomic E-state index is -0.0210. The van der Waals surface area contributed by atoms with Crippen LogP contribution < -0.4 is 10.1 Å². The summed E-state index contributed by atoms with van der Waals surface area (Å²) in [5, 5.41) is 3.00. The quantitative estimate of drug-likeness (QED) is 0.927. The summed E-state index contributed by atoms with van der Waals surface area (Å²) in [4.78, 5) is 15.9. The summed E-state index contributed by atoms with van der Waals surface area (Å²) in [6, 6.07) is 11.1. The molecule has 2 unspecified atom stereocenters. The van der Waals surface area contributed by atoms with Gasteiger partial charge in [0.1, 0.15) is 11.5 Å². The molecule has 20 heavy (non-hydrogen) atoms. The molecule has 1 N–H and O–H groups in total. The Morgan fingerprint density at radius 3 is 2.60 bits per heavy atom. The van der Waals surface area contributed by atoms with Gasteiger partial charge >= 0.3 is 0 Å². The van der Waals surface area contributed by atoms with Crippen molar-refractivity contribution < 1.29 is 9.53 Å². The van der Waals surface area contributed by atoms with Gasteiger partial charge in [0.15, 0.2) is 0 Å². The Hall–Kier alpha value is -2.36. The molecule has 1 aromatic heterocycles. The maximum atomic E-state index is 11.9. The second kappa shape index (κ2) is 5.33. The van der Waals surface area contributed by atoms with Crippen molar-refractivity contribution in [3.05, 3.63) is 54.4 Å². The number of carbonyl (C=O) groups excluding carboxylic acids is 1. The fourth-order valence-corrected chi connectivity index (χ4v) is 1.99. The molecular weight excluding hydrogens is 252 g/mol. The van der Waals surface area contributed by atoms with E-state index >= 15 is 0 Å². The number of carbonyl (C=O) groups is 1. The average Bonchev–Trinajstić information content (AvgIpc) is 3.16. The van der Waals surface area contributed by atoms with Crippen LogP contribution >= 0.6 is 0 Å². The lowest BCUT2D eigenvalue weighted by Gasteiger charge is -2.07. The number of rotatable bonds is 4. The van der Waals surface area contributed by atoms with Gasteiger partial charge in [-0.05, 0) is 48.7 Å². The molecule has 0 saturated heterocycles. The van der Waals surface area contributed by atoms with Gasteiger partial charge in [-0.1, -0.05) is 6.92 Å². The first-order valence-corrected chi connectivity index (χ1v) is 6.71. The van der Waals surface area contributed by atoms with Gasteiger partial charge in [0, 0.05) is 17.8 Å². The predicted octanol–water partition coefficient (Wildman–Crippen LogP) is 3.01. The van der Waals surface area contributed by atoms with Gasteiger partial charge in [-0.2, -0.15) is 0 Å². The topological polar surface area (TPSA) is 51.2 Å². The van der Waals surface area contributed by atoms with Crippen molar-refractivity contribution in [1.82, 2.24) is 10.3 Å². The molecule has 1 heterocycles. The number of benzene rings is 1. The molecule has 1 aliphatic carbocycles. The number of ether oxygens (including phenoxy) is 1. The first-order chi connectivity index (χ1) is 9.72. The smallest absolute Gasteiger partial charge is 0.251 e. The van der Waals surface area contributed by atoms with Gasteiger partial charge in [-0.25, -0.2) is 0 Å². The Bertz CT molecular complexity index is 596. The molecule has 0 spiro atoms. The van der Waals surface area contributed by atoms with E-state index in [1.165, 1.54) is 0 Å². The Morgan fingerprint density at radius 1 is 1.25 bits per heavy atom. The number of aromatic nitrogens is 1. The van der Waals surface area contributed by atoms with Crippen molar-refractivity contribution in [2.45, 2.75) is 19.4 Å². The number of nitrogens with zero attached hydrogens (tertiary/aromatic N) is 1. The van der Waals surface area contributed by atoms with Crippen LogP contribution in [-0.4, -0.2) is 16.9 Å². The van der Waals surface area contributed by atoms with E-state index in [-0.39, 0.29) is 5.91 Å². The van der Waals surface area contributed by atoms with E-state index in [1.54, 1.807) is 36.7 Å². The molecule has 2 aromatic rings. The molecule has 2 atom stereocenters. The molecule has 0 bridgehead atoms. The molecular formula is C16H16N2O2. The summed E-state index contributed by atoms with van der Waals surface area (Å²) in [5.41, 5.74) is 0.655. The van der Waals surface area contributed by atoms with Crippen molar-refractivity contribution >= 4 is 5.91 Å². The van der Waals surface area contributed by atoms with E-state index in [4.69, 9.17) is 4.74 Å². The van der Waals surface area contributed by atoms with Gasteiger partial charge < -0.3 is 10.1 Å². The van der Waals surface area contributed by atoms with Crippen molar-refractivity contribution in [1.29, 1.82) is 0 Å². The van der Waals surface area contributed by atoms with E-state index in [0.717, 1.165) is 6.42 Å². The number of hydrogen-bond acceptors (Lipinski definition) is 3. The van der Waals surface area contributed by atoms with Crippen molar-refractivity contribution in [3.63, 3.8) is 0 Å². The molecule has 102 valence electrons. The van der Waals surface area contributed by atoms with Crippen LogP contribution in [0.25, 0.3) is 0 Å². The lowest BCUT2D eigenvalue weighted by Crippen LogP contribution is -2.26. The minimum absolute atomic E-state index is 0.0210. The van der Waals surface area contributed by atoms with Gasteiger partial charge in [-0.15, -0.1) is 0 Å². The Balaban J connectivity index is 1.63. The lowest BCUT2D eigenvalue weighted by molar-refractivity contribution is 0.0949. The SMILES string of the molecule is CC1CC1NC(=O)c1ccc(Oc2cccnc2)cc1. The largest absolute Gasteiger partial charge is 0.456 e. The molecule has 3 rings (SSSR count). The van der Waals surface area contributed by atoms with Crippen LogP contribution in [0.4, 0.5) is 0 Å². The van der Waals surface area contributed by atoms with Gasteiger partial charge in [-0.3, -0.25) is 9.78 Å². The number of pyridine rings is 1. The first-order valence-electron chi connectivity index (χ1n) is 6.71. The summed E-state index contributed by atoms with van der Waals surface area (Å²) >= 11 is 0. The average molecular weight is 268 g/mol. The maximum absolute atomic E-state index is 11.9. The molecule has 1 saturated carbocycles. The standard InChI is InChI=1S/C16H16N2O2/c1-11-9-15(11)18-16(19)12-4-6-13(7-5-12)20-14-3-2-8-17-10-14/h2-8,10-11,15H,9H2,1H3,(H,18,19). The van der Waals surface area contributed by atoms with Crippen LogP contribution in [0.5, 0.6) is 11.5 Å². The monoisotopic (exact) mass is 268 g/mol. The first kappa shape index (κ1) is 12.7. The number of hydrogen-bond donors (Lipinski definition) is 1. The molecule has 0 radical (unpaired) electrons. The number of amides is 1. The second-order valence-electron chi connectivity index (χ2n) is 5.11. The minimum Gasteiger partial charge on any atom is -0.456 e. The number of nitrogens with one attached hydrogen (secondary N) is 1. The predicted molar refractivity (Wildman–Crippen MR) is 75.8 cm³/mol. The molecule has 1 fully saturated rings. The van der Waals surface area contributed by atoms with Gasteiger partial charge in [0.2, 0.25) is 0 Å². The van der Waals surface area contributed by atoms with Gasteiger partial charge in [0.05, 0.1) is 6.20 Å². The molecule has 1 aliphatic rings. The molecule has 0 aliphatic heterocycles. The van der Waals surface area contributed by atoms with Crippen molar-refractivity contribution in [2.75, 3.05) is 0 Å². The summed E-state index contributed by atoms with van der Waals surface area (Å²) in [6.07, 6.45) is 4.42. The van der Waals surface area contributed by atoms with Crippen molar-refractivity contribution in [3.8, 4) is 11.5 Å². The zero-order valence-corrected chi connectivity index (χ0v) is 11.2. The molecule has 1 amide bonds. The highest BCUT2D eigenvalue weighted by Crippen LogP contribution is 2.29. The van der Waals surface area contributed by atoms with Crippen LogP contribution in [0.2, 0.25) is 0 Å². The maximum Gasteiger partial charge on any atom is 0.251 e. The van der Waals surface area contributed by atoms with Gasteiger partial charge in [0.25, 0.3) is 5.91 Å². The highest BCUT2D eigenvalue weighted by Gasteiger charge is 2.33. The Kier molecular flexibility index (Phi) is 3.37. The summed E-state index contributed by atoms with van der Waals surface area (Å²) in [5.74, 6) is 1.95. The fourth-order valence-electron chi connectivity index (χ4n) is 1.99. The second-order valence-corrected chi connectivity index (χ2v) is 5.11. The van der Waals surface area contributed by atoms with Crippen LogP contribution in [0.3, 0.4) is 0 Å². The lowest BCUT2D eigenvalue weighted by atomic mass is 10.2. The summed E-state index contributed by atoms with van der Waals surface area (Å²) < 4.78 is 5.63. The Labute approximate surface area is 117 Å². The van der Waals surface area contributed by atoms with E-state index in [1.807, 2.05) is 12.1 Å². The van der Waals surface area contributed by atoms with Crippen LogP contribution in [0.1, 0.15) is 23.7 Å². The molecule has 4 heteroatoms. The molecule has 4 nitrogen and oxygen atoms in total. The fraction of sp³-hybridized carbons (Fsp3) is 0.250. The zero-order valence-electron chi connectivity index (χ0n) is 11.2. The van der Waals surface area contributed by atoms with E-state index in [9.17, 15) is 4.79 Å². The highest BCUT2D eigenvalue weighted by molar-refractivity contribution is 5.94. The van der Waals surface area contributed by atoms with E-state index in [0.29, 0.717) is 29.0 Å². The van der Waals surface area contributed by atoms with Crippen molar-refractivity contribution in [2.24, 2.45) is 5.92 Å². The molecule has 1 aromatic carbocycles. The van der Waals surface area contributed by atoms with E-state index in [2.05, 4.69) is 17.2 Å². The third-order valence-electron chi connectivity index (χ3n) is 3.41. The van der Waals surface area contributed by atoms with Crippen LogP contribution in [0.15, 0.2) is 48.8 Å². The summed E-state index contributed by atoms with van der Waals surface area (Å²) in [6.45, 7) is 2.13. The van der Waals surface area contributed by atoms with E-state index < -0.39 is 0 Å². The summed E-state index contributed by atoms with van der Waals surface area (Å²) in [7, 11) is 0. The van der Waals surface area contributed by atoms with Crippen LogP contribution in [-0.2, 0) is 0 Å². The third-order valence-corrected chi connectivity index (χ3v) is 3.41. The third kappa shape index (κ3) is 2.96. The highest BCUT2D eigenvalue weighted by atomic mass is 16.5. The van der Waals surface area contributed by atoms with Crippen LogP contribution in [0, 0.1) is 5.92 Å². The Morgan fingerprint density at radius 2 is 2.00 bits per heavy atom.